The van der Waals surface area contributed by atoms with Gasteiger partial charge in [-0.1, -0.05) is 22.9 Å². The van der Waals surface area contributed by atoms with E-state index in [1.807, 2.05) is 24.8 Å². The zero-order valence-corrected chi connectivity index (χ0v) is 12.1. The van der Waals surface area contributed by atoms with E-state index in [0.29, 0.717) is 16.3 Å². The van der Waals surface area contributed by atoms with Crippen LogP contribution in [0.3, 0.4) is 0 Å². The number of hydrogen-bond acceptors (Lipinski definition) is 2. The summed E-state index contributed by atoms with van der Waals surface area (Å²) in [4.78, 5) is 14.6. The Hall–Kier alpha value is -0.770. The van der Waals surface area contributed by atoms with Crippen LogP contribution in [-0.4, -0.2) is 28.7 Å². The van der Waals surface area contributed by atoms with Crippen molar-refractivity contribution in [3.63, 3.8) is 0 Å². The number of nitrogens with zero attached hydrogens (tertiary/aromatic N) is 1. The van der Waals surface area contributed by atoms with E-state index in [2.05, 4.69) is 22.9 Å². The average molecular weight is 300 g/mol. The number of piperidine rings is 1. The molecule has 1 saturated heterocycles. The number of furan rings is 1. The van der Waals surface area contributed by atoms with Crippen LogP contribution in [0.25, 0.3) is 0 Å². The molecule has 1 aromatic rings. The summed E-state index contributed by atoms with van der Waals surface area (Å²) >= 11 is 3.64. The van der Waals surface area contributed by atoms with Crippen LogP contribution in [0.15, 0.2) is 10.5 Å². The lowest BCUT2D eigenvalue weighted by Gasteiger charge is -2.34. The number of rotatable bonds is 1. The van der Waals surface area contributed by atoms with E-state index in [1.54, 1.807) is 0 Å². The van der Waals surface area contributed by atoms with Gasteiger partial charge in [-0.2, -0.15) is 0 Å². The fourth-order valence-corrected chi connectivity index (χ4v) is 2.83. The van der Waals surface area contributed by atoms with Crippen LogP contribution in [0.1, 0.15) is 35.2 Å². The van der Waals surface area contributed by atoms with Crippen molar-refractivity contribution in [2.45, 2.75) is 32.0 Å². The highest BCUT2D eigenvalue weighted by Crippen LogP contribution is 2.25. The molecule has 0 radical (unpaired) electrons. The molecule has 1 aromatic heterocycles. The molecule has 2 unspecified atom stereocenters. The summed E-state index contributed by atoms with van der Waals surface area (Å²) in [6.07, 6.45) is 1.05. The molecule has 2 rings (SSSR count). The van der Waals surface area contributed by atoms with Gasteiger partial charge in [0.1, 0.15) is 11.5 Å². The average Bonchev–Trinajstić information content (AvgIpc) is 2.61. The number of hydrogen-bond donors (Lipinski definition) is 0. The molecule has 3 nitrogen and oxygen atoms in total. The van der Waals surface area contributed by atoms with E-state index in [4.69, 9.17) is 4.42 Å². The molecular formula is C13H18BrNO2. The summed E-state index contributed by atoms with van der Waals surface area (Å²) in [6, 6.07) is 1.83. The zero-order valence-electron chi connectivity index (χ0n) is 10.5. The lowest BCUT2D eigenvalue weighted by molar-refractivity contribution is 0.0704. The van der Waals surface area contributed by atoms with E-state index in [-0.39, 0.29) is 5.91 Å². The predicted octanol–water partition coefficient (Wildman–Crippen LogP) is 3.14. The molecule has 94 valence electrons. The van der Waals surface area contributed by atoms with Crippen LogP contribution in [0.4, 0.5) is 0 Å². The number of halogens is 1. The van der Waals surface area contributed by atoms with Gasteiger partial charge in [-0.05, 0) is 32.3 Å². The van der Waals surface area contributed by atoms with Gasteiger partial charge in [0.15, 0.2) is 0 Å². The molecule has 0 N–H and O–H groups in total. The van der Waals surface area contributed by atoms with Gasteiger partial charge in [0.2, 0.25) is 0 Å². The number of alkyl halides is 1. The molecule has 0 aromatic carbocycles. The molecule has 0 spiro atoms. The summed E-state index contributed by atoms with van der Waals surface area (Å²) in [5.74, 6) is 2.24. The van der Waals surface area contributed by atoms with Crippen molar-refractivity contribution in [3.8, 4) is 0 Å². The number of carbonyl (C=O) groups excluding carboxylic acids is 1. The first kappa shape index (κ1) is 12.7. The molecule has 0 bridgehead atoms. The van der Waals surface area contributed by atoms with Crippen molar-refractivity contribution in [2.24, 2.45) is 5.92 Å². The van der Waals surface area contributed by atoms with Crippen molar-refractivity contribution in [1.29, 1.82) is 0 Å². The van der Waals surface area contributed by atoms with Gasteiger partial charge in [0.25, 0.3) is 5.91 Å². The minimum absolute atomic E-state index is 0.0932. The smallest absolute Gasteiger partial charge is 0.257 e. The Morgan fingerprint density at radius 2 is 2.24 bits per heavy atom. The maximum Gasteiger partial charge on any atom is 0.257 e. The molecule has 0 saturated carbocycles. The first-order valence-electron chi connectivity index (χ1n) is 5.99. The SMILES string of the molecule is Cc1cc(C(=O)N2CCC(C)C(Br)C2)c(C)o1. The summed E-state index contributed by atoms with van der Waals surface area (Å²) < 4.78 is 5.42. The van der Waals surface area contributed by atoms with Crippen molar-refractivity contribution in [1.82, 2.24) is 4.90 Å². The molecule has 1 fully saturated rings. The summed E-state index contributed by atoms with van der Waals surface area (Å²) in [6.45, 7) is 7.55. The van der Waals surface area contributed by atoms with Crippen LogP contribution < -0.4 is 0 Å². The van der Waals surface area contributed by atoms with Crippen LogP contribution in [0, 0.1) is 19.8 Å². The molecular weight excluding hydrogens is 282 g/mol. The van der Waals surface area contributed by atoms with Gasteiger partial charge in [0.05, 0.1) is 5.56 Å². The Morgan fingerprint density at radius 1 is 1.53 bits per heavy atom. The van der Waals surface area contributed by atoms with E-state index in [0.717, 1.165) is 31.0 Å². The van der Waals surface area contributed by atoms with Gasteiger partial charge in [0, 0.05) is 17.9 Å². The fourth-order valence-electron chi connectivity index (χ4n) is 2.22. The number of likely N-dealkylation sites (tertiary alicyclic amines) is 1. The van der Waals surface area contributed by atoms with Gasteiger partial charge in [-0.15, -0.1) is 0 Å². The van der Waals surface area contributed by atoms with Crippen LogP contribution in [0.5, 0.6) is 0 Å². The third-order valence-corrected chi connectivity index (χ3v) is 4.62. The molecule has 2 heterocycles. The Balaban J connectivity index is 2.13. The van der Waals surface area contributed by atoms with Gasteiger partial charge in [-0.25, -0.2) is 0 Å². The second-order valence-electron chi connectivity index (χ2n) is 4.86. The molecule has 2 atom stereocenters. The van der Waals surface area contributed by atoms with Gasteiger partial charge < -0.3 is 9.32 Å². The zero-order chi connectivity index (χ0) is 12.6. The normalized spacial score (nSPS) is 25.1. The van der Waals surface area contributed by atoms with E-state index in [1.165, 1.54) is 0 Å². The van der Waals surface area contributed by atoms with Crippen molar-refractivity contribution in [2.75, 3.05) is 13.1 Å². The maximum atomic E-state index is 12.3. The van der Waals surface area contributed by atoms with E-state index < -0.39 is 0 Å². The largest absolute Gasteiger partial charge is 0.466 e. The van der Waals surface area contributed by atoms with Crippen molar-refractivity contribution in [3.05, 3.63) is 23.2 Å². The Morgan fingerprint density at radius 3 is 2.76 bits per heavy atom. The molecule has 4 heteroatoms. The topological polar surface area (TPSA) is 33.5 Å². The molecule has 0 aliphatic carbocycles. The third-order valence-electron chi connectivity index (χ3n) is 3.43. The highest BCUT2D eigenvalue weighted by molar-refractivity contribution is 9.09. The Kier molecular flexibility index (Phi) is 3.61. The Bertz CT molecular complexity index is 427. The summed E-state index contributed by atoms with van der Waals surface area (Å²) in [5, 5.41) is 0. The molecule has 1 aliphatic rings. The number of amides is 1. The van der Waals surface area contributed by atoms with Crippen molar-refractivity contribution < 1.29 is 9.21 Å². The first-order valence-corrected chi connectivity index (χ1v) is 6.91. The number of carbonyl (C=O) groups is 1. The highest BCUT2D eigenvalue weighted by Gasteiger charge is 2.29. The monoisotopic (exact) mass is 299 g/mol. The minimum atomic E-state index is 0.0932. The second-order valence-corrected chi connectivity index (χ2v) is 6.04. The number of aryl methyl sites for hydroxylation is 2. The minimum Gasteiger partial charge on any atom is -0.466 e. The predicted molar refractivity (Wildman–Crippen MR) is 70.6 cm³/mol. The highest BCUT2D eigenvalue weighted by atomic mass is 79.9. The first-order chi connectivity index (χ1) is 7.99. The van der Waals surface area contributed by atoms with Crippen molar-refractivity contribution >= 4 is 21.8 Å². The molecule has 17 heavy (non-hydrogen) atoms. The molecule has 1 amide bonds. The lowest BCUT2D eigenvalue weighted by Crippen LogP contribution is -2.43. The lowest BCUT2D eigenvalue weighted by atomic mass is 9.98. The van der Waals surface area contributed by atoms with Crippen LogP contribution >= 0.6 is 15.9 Å². The van der Waals surface area contributed by atoms with Crippen LogP contribution in [-0.2, 0) is 0 Å². The quantitative estimate of drug-likeness (QED) is 0.747. The summed E-state index contributed by atoms with van der Waals surface area (Å²) in [5.41, 5.74) is 0.705. The molecule has 1 aliphatic heterocycles. The van der Waals surface area contributed by atoms with Gasteiger partial charge >= 0.3 is 0 Å². The summed E-state index contributed by atoms with van der Waals surface area (Å²) in [7, 11) is 0. The standard InChI is InChI=1S/C13H18BrNO2/c1-8-4-5-15(7-12(8)14)13(16)11-6-9(2)17-10(11)3/h6,8,12H,4-5,7H2,1-3H3. The third kappa shape index (κ3) is 2.57. The van der Waals surface area contributed by atoms with E-state index in [9.17, 15) is 4.79 Å². The second kappa shape index (κ2) is 4.84. The van der Waals surface area contributed by atoms with E-state index >= 15 is 0 Å². The fraction of sp³-hybridized carbons (Fsp3) is 0.615. The maximum absolute atomic E-state index is 12.3. The Labute approximate surface area is 110 Å². The van der Waals surface area contributed by atoms with Gasteiger partial charge in [-0.3, -0.25) is 4.79 Å². The van der Waals surface area contributed by atoms with Crippen LogP contribution in [0.2, 0.25) is 0 Å².